The number of nitrogens with zero attached hydrogens (tertiary/aromatic N) is 3. The molecule has 0 N–H and O–H groups in total. The minimum atomic E-state index is 0.584. The first-order valence-electron chi connectivity index (χ1n) is 5.70. The Hall–Kier alpha value is -0.380. The zero-order valence-corrected chi connectivity index (χ0v) is 10.9. The molecule has 4 heteroatoms. The molecule has 0 amide bonds. The van der Waals surface area contributed by atoms with Crippen LogP contribution in [0.4, 0.5) is 0 Å². The molecule has 1 fully saturated rings. The Morgan fingerprint density at radius 3 is 2.93 bits per heavy atom. The van der Waals surface area contributed by atoms with Crippen LogP contribution in [0.3, 0.4) is 0 Å². The second-order valence-electron chi connectivity index (χ2n) is 4.49. The minimum Gasteiger partial charge on any atom is -0.320 e. The van der Waals surface area contributed by atoms with Gasteiger partial charge in [-0.25, -0.2) is 0 Å². The van der Waals surface area contributed by atoms with E-state index in [0.717, 1.165) is 11.7 Å². The molecule has 3 unspecified atom stereocenters. The molecule has 84 valence electrons. The molecular weight excluding hydrogens is 254 g/mol. The molecule has 1 aliphatic rings. The lowest BCUT2D eigenvalue weighted by molar-refractivity contribution is 0.293. The van der Waals surface area contributed by atoms with E-state index in [-0.39, 0.29) is 0 Å². The maximum absolute atomic E-state index is 4.26. The first-order valence-corrected chi connectivity index (χ1v) is 6.62. The maximum atomic E-state index is 4.26. The molecule has 1 heterocycles. The lowest BCUT2D eigenvalue weighted by Gasteiger charge is -2.32. The highest BCUT2D eigenvalue weighted by Gasteiger charge is 2.31. The van der Waals surface area contributed by atoms with E-state index in [1.807, 2.05) is 7.05 Å². The van der Waals surface area contributed by atoms with Crippen LogP contribution in [-0.2, 0) is 7.05 Å². The highest BCUT2D eigenvalue weighted by Crippen LogP contribution is 2.40. The molecule has 0 spiro atoms. The van der Waals surface area contributed by atoms with Gasteiger partial charge in [0.2, 0.25) is 0 Å². The fraction of sp³-hybridized carbons (Fsp3) is 0.818. The van der Waals surface area contributed by atoms with Gasteiger partial charge in [-0.15, -0.1) is 10.2 Å². The van der Waals surface area contributed by atoms with Gasteiger partial charge < -0.3 is 4.57 Å². The molecule has 1 aromatic rings. The summed E-state index contributed by atoms with van der Waals surface area (Å²) in [4.78, 5) is 0.655. The van der Waals surface area contributed by atoms with Crippen molar-refractivity contribution >= 4 is 15.9 Å². The van der Waals surface area contributed by atoms with Gasteiger partial charge in [-0.2, -0.15) is 0 Å². The Balaban J connectivity index is 2.20. The summed E-state index contributed by atoms with van der Waals surface area (Å²) in [5.74, 6) is 2.52. The molecule has 0 saturated heterocycles. The fourth-order valence-corrected chi connectivity index (χ4v) is 3.28. The van der Waals surface area contributed by atoms with E-state index in [1.54, 1.807) is 6.33 Å². The summed E-state index contributed by atoms with van der Waals surface area (Å²) in [6.45, 7) is 2.28. The van der Waals surface area contributed by atoms with Crippen LogP contribution in [0.15, 0.2) is 6.33 Å². The Bertz CT molecular complexity index is 323. The Kier molecular flexibility index (Phi) is 3.44. The van der Waals surface area contributed by atoms with Gasteiger partial charge in [0.25, 0.3) is 0 Å². The Labute approximate surface area is 99.4 Å². The zero-order chi connectivity index (χ0) is 10.8. The van der Waals surface area contributed by atoms with Crippen molar-refractivity contribution in [2.45, 2.75) is 43.4 Å². The zero-order valence-electron chi connectivity index (χ0n) is 9.36. The quantitative estimate of drug-likeness (QED) is 0.775. The van der Waals surface area contributed by atoms with Crippen molar-refractivity contribution in [1.82, 2.24) is 14.8 Å². The molecule has 0 aromatic carbocycles. The third-order valence-electron chi connectivity index (χ3n) is 3.53. The molecule has 0 aliphatic heterocycles. The van der Waals surface area contributed by atoms with E-state index in [2.05, 4.69) is 37.6 Å². The summed E-state index contributed by atoms with van der Waals surface area (Å²) in [6.07, 6.45) is 6.86. The number of hydrogen-bond acceptors (Lipinski definition) is 2. The van der Waals surface area contributed by atoms with Crippen LogP contribution in [-0.4, -0.2) is 19.6 Å². The Morgan fingerprint density at radius 1 is 1.53 bits per heavy atom. The summed E-state index contributed by atoms with van der Waals surface area (Å²) < 4.78 is 2.07. The number of rotatable bonds is 2. The van der Waals surface area contributed by atoms with Crippen molar-refractivity contribution in [2.75, 3.05) is 0 Å². The average Bonchev–Trinajstić information content (AvgIpc) is 2.64. The van der Waals surface area contributed by atoms with Gasteiger partial charge in [0.15, 0.2) is 0 Å². The minimum absolute atomic E-state index is 0.584. The van der Waals surface area contributed by atoms with Gasteiger partial charge in [-0.05, 0) is 25.2 Å². The molecule has 15 heavy (non-hydrogen) atoms. The summed E-state index contributed by atoms with van der Waals surface area (Å²) in [5.41, 5.74) is 0. The molecule has 1 saturated carbocycles. The van der Waals surface area contributed by atoms with Crippen LogP contribution >= 0.6 is 15.9 Å². The Morgan fingerprint density at radius 2 is 2.33 bits per heavy atom. The predicted octanol–water partition coefficient (Wildman–Crippen LogP) is 2.87. The van der Waals surface area contributed by atoms with E-state index >= 15 is 0 Å². The number of alkyl halides is 1. The smallest absolute Gasteiger partial charge is 0.135 e. The lowest BCUT2D eigenvalue weighted by Crippen LogP contribution is -2.25. The molecule has 0 radical (unpaired) electrons. The third-order valence-corrected chi connectivity index (χ3v) is 4.36. The standard InChI is InChI=1S/C11H18BrN3/c1-3-8-4-5-9(12)6-10(8)11-14-13-7-15(11)2/h7-10H,3-6H2,1-2H3. The number of aromatic nitrogens is 3. The second kappa shape index (κ2) is 4.64. The summed E-state index contributed by atoms with van der Waals surface area (Å²) in [7, 11) is 2.04. The van der Waals surface area contributed by atoms with E-state index in [1.165, 1.54) is 25.7 Å². The largest absolute Gasteiger partial charge is 0.320 e. The van der Waals surface area contributed by atoms with Crippen molar-refractivity contribution in [3.63, 3.8) is 0 Å². The van der Waals surface area contributed by atoms with Crippen LogP contribution in [0.25, 0.3) is 0 Å². The second-order valence-corrected chi connectivity index (χ2v) is 5.78. The average molecular weight is 272 g/mol. The van der Waals surface area contributed by atoms with Crippen molar-refractivity contribution in [3.05, 3.63) is 12.2 Å². The molecular formula is C11H18BrN3. The maximum Gasteiger partial charge on any atom is 0.135 e. The van der Waals surface area contributed by atoms with E-state index in [9.17, 15) is 0 Å². The molecule has 3 atom stereocenters. The van der Waals surface area contributed by atoms with Crippen molar-refractivity contribution in [1.29, 1.82) is 0 Å². The van der Waals surface area contributed by atoms with Gasteiger partial charge in [-0.3, -0.25) is 0 Å². The molecule has 2 rings (SSSR count). The van der Waals surface area contributed by atoms with E-state index in [4.69, 9.17) is 0 Å². The molecule has 1 aliphatic carbocycles. The van der Waals surface area contributed by atoms with Crippen LogP contribution in [0, 0.1) is 5.92 Å². The topological polar surface area (TPSA) is 30.7 Å². The van der Waals surface area contributed by atoms with Gasteiger partial charge in [-0.1, -0.05) is 29.3 Å². The van der Waals surface area contributed by atoms with Gasteiger partial charge in [0, 0.05) is 17.8 Å². The lowest BCUT2D eigenvalue weighted by atomic mass is 9.77. The SMILES string of the molecule is CCC1CCC(Br)CC1c1nncn1C. The van der Waals surface area contributed by atoms with Gasteiger partial charge in [0.05, 0.1) is 0 Å². The fourth-order valence-electron chi connectivity index (χ4n) is 2.61. The highest BCUT2D eigenvalue weighted by atomic mass is 79.9. The van der Waals surface area contributed by atoms with Gasteiger partial charge >= 0.3 is 0 Å². The summed E-state index contributed by atoms with van der Waals surface area (Å²) in [6, 6.07) is 0. The third kappa shape index (κ3) is 2.25. The summed E-state index contributed by atoms with van der Waals surface area (Å²) in [5, 5.41) is 8.25. The number of hydrogen-bond donors (Lipinski definition) is 0. The number of aryl methyl sites for hydroxylation is 1. The molecule has 3 nitrogen and oxygen atoms in total. The highest BCUT2D eigenvalue weighted by molar-refractivity contribution is 9.09. The normalized spacial score (nSPS) is 31.8. The number of halogens is 1. The van der Waals surface area contributed by atoms with Crippen LogP contribution in [0.1, 0.15) is 44.3 Å². The molecule has 1 aromatic heterocycles. The van der Waals surface area contributed by atoms with Crippen molar-refractivity contribution in [3.8, 4) is 0 Å². The van der Waals surface area contributed by atoms with Gasteiger partial charge in [0.1, 0.15) is 12.2 Å². The molecule has 0 bridgehead atoms. The van der Waals surface area contributed by atoms with Crippen LogP contribution in [0.5, 0.6) is 0 Å². The van der Waals surface area contributed by atoms with Crippen LogP contribution < -0.4 is 0 Å². The summed E-state index contributed by atoms with van der Waals surface area (Å²) >= 11 is 3.74. The van der Waals surface area contributed by atoms with Crippen LogP contribution in [0.2, 0.25) is 0 Å². The first-order chi connectivity index (χ1) is 7.22. The first kappa shape index (κ1) is 11.1. The predicted molar refractivity (Wildman–Crippen MR) is 64.1 cm³/mol. The van der Waals surface area contributed by atoms with Crippen molar-refractivity contribution < 1.29 is 0 Å². The van der Waals surface area contributed by atoms with E-state index < -0.39 is 0 Å². The monoisotopic (exact) mass is 271 g/mol. The van der Waals surface area contributed by atoms with E-state index in [0.29, 0.717) is 10.7 Å². The van der Waals surface area contributed by atoms with Crippen molar-refractivity contribution in [2.24, 2.45) is 13.0 Å².